The van der Waals surface area contributed by atoms with Gasteiger partial charge in [-0.05, 0) is 67.6 Å². The van der Waals surface area contributed by atoms with Gasteiger partial charge in [0.2, 0.25) is 11.8 Å². The zero-order chi connectivity index (χ0) is 27.7. The van der Waals surface area contributed by atoms with E-state index in [9.17, 15) is 34.3 Å². The molecule has 8 nitrogen and oxygen atoms in total. The number of amides is 2. The van der Waals surface area contributed by atoms with Crippen LogP contribution >= 0.6 is 15.9 Å². The molecule has 3 aliphatic carbocycles. The van der Waals surface area contributed by atoms with Crippen LogP contribution in [0.3, 0.4) is 0 Å². The molecule has 0 aromatic heterocycles. The van der Waals surface area contributed by atoms with Crippen molar-refractivity contribution in [1.29, 1.82) is 0 Å². The number of imide groups is 1. The number of allylic oxidation sites excluding steroid dienone is 6. The summed E-state index contributed by atoms with van der Waals surface area (Å²) in [5.74, 6) is -4.18. The number of fused-ring (bicyclic) bond motifs is 3. The minimum absolute atomic E-state index is 0.0416. The van der Waals surface area contributed by atoms with Crippen LogP contribution in [-0.2, 0) is 19.2 Å². The van der Waals surface area contributed by atoms with Crippen LogP contribution in [0.5, 0.6) is 5.75 Å². The van der Waals surface area contributed by atoms with Gasteiger partial charge in [-0.1, -0.05) is 39.7 Å². The fourth-order valence-electron chi connectivity index (χ4n) is 6.57. The number of hydrogen-bond donors (Lipinski definition) is 3. The molecule has 4 aliphatic rings. The summed E-state index contributed by atoms with van der Waals surface area (Å²) in [6, 6.07) is 10.9. The highest BCUT2D eigenvalue weighted by Crippen LogP contribution is 2.56. The fourth-order valence-corrected chi connectivity index (χ4v) is 6.95. The summed E-state index contributed by atoms with van der Waals surface area (Å²) in [7, 11) is -1.76. The van der Waals surface area contributed by atoms with E-state index in [4.69, 9.17) is 0 Å². The van der Waals surface area contributed by atoms with Crippen molar-refractivity contribution in [1.82, 2.24) is 0 Å². The van der Waals surface area contributed by atoms with Crippen molar-refractivity contribution in [3.63, 3.8) is 0 Å². The number of rotatable bonds is 3. The molecule has 1 saturated heterocycles. The van der Waals surface area contributed by atoms with E-state index in [1.54, 1.807) is 31.2 Å². The van der Waals surface area contributed by atoms with Crippen LogP contribution in [0.15, 0.2) is 81.4 Å². The van der Waals surface area contributed by atoms with E-state index in [0.29, 0.717) is 26.8 Å². The van der Waals surface area contributed by atoms with E-state index >= 15 is 0 Å². The predicted octanol–water partition coefficient (Wildman–Crippen LogP) is 2.47. The molecular formula is C29H23BBrNO7. The SMILES string of the molecule is CC1=CC(=O)C2=C(CC3C(=CCC4C(=O)N(c5cccc(B(O)O)c5)C(=O)C43)C2c2cc(Br)ccc2O)C1=O. The first-order valence-electron chi connectivity index (χ1n) is 12.6. The fraction of sp³-hybridized carbons (Fsp3) is 0.241. The molecule has 1 aliphatic heterocycles. The molecule has 1 heterocycles. The normalized spacial score (nSPS) is 26.2. The second-order valence-corrected chi connectivity index (χ2v) is 11.3. The maximum absolute atomic E-state index is 13.9. The highest BCUT2D eigenvalue weighted by Gasteiger charge is 2.56. The summed E-state index contributed by atoms with van der Waals surface area (Å²) < 4.78 is 0.680. The maximum atomic E-state index is 13.9. The van der Waals surface area contributed by atoms with Crippen molar-refractivity contribution >= 4 is 57.6 Å². The van der Waals surface area contributed by atoms with Gasteiger partial charge in [-0.3, -0.25) is 24.1 Å². The van der Waals surface area contributed by atoms with Gasteiger partial charge in [0.05, 0.1) is 17.5 Å². The number of carbonyl (C=O) groups is 4. The van der Waals surface area contributed by atoms with E-state index in [1.165, 1.54) is 24.3 Å². The minimum atomic E-state index is -1.76. The number of hydrogen-bond acceptors (Lipinski definition) is 7. The molecule has 6 rings (SSSR count). The molecule has 196 valence electrons. The molecule has 39 heavy (non-hydrogen) atoms. The summed E-state index contributed by atoms with van der Waals surface area (Å²) >= 11 is 3.44. The summed E-state index contributed by atoms with van der Waals surface area (Å²) in [5, 5.41) is 30.1. The number of phenols is 1. The monoisotopic (exact) mass is 587 g/mol. The molecule has 0 radical (unpaired) electrons. The standard InChI is InChI=1S/C29H23BBrNO7/c1-13-9-23(34)26-21(27(13)35)12-19-17(24(26)20-11-15(31)5-8-22(20)33)6-7-18-25(19)29(37)32(28(18)36)16-4-2-3-14(10-16)30(38)39/h2-6,8-11,18-19,24-25,33,38-39H,7,12H2,1H3. The number of ketones is 2. The number of nitrogens with zero attached hydrogens (tertiary/aromatic N) is 1. The van der Waals surface area contributed by atoms with Crippen LogP contribution in [0.2, 0.25) is 0 Å². The Labute approximate surface area is 232 Å². The van der Waals surface area contributed by atoms with Crippen molar-refractivity contribution in [3.8, 4) is 5.75 Å². The lowest BCUT2D eigenvalue weighted by molar-refractivity contribution is -0.123. The lowest BCUT2D eigenvalue weighted by atomic mass is 9.59. The van der Waals surface area contributed by atoms with Crippen molar-refractivity contribution < 1.29 is 34.3 Å². The Kier molecular flexibility index (Phi) is 6.09. The Hall–Kier alpha value is -3.60. The molecule has 4 unspecified atom stereocenters. The first-order chi connectivity index (χ1) is 18.6. The van der Waals surface area contributed by atoms with E-state index in [-0.39, 0.29) is 41.3 Å². The van der Waals surface area contributed by atoms with Gasteiger partial charge < -0.3 is 15.2 Å². The Morgan fingerprint density at radius 2 is 1.77 bits per heavy atom. The maximum Gasteiger partial charge on any atom is 0.488 e. The van der Waals surface area contributed by atoms with Gasteiger partial charge in [0.15, 0.2) is 11.6 Å². The van der Waals surface area contributed by atoms with E-state index in [0.717, 1.165) is 10.5 Å². The topological polar surface area (TPSA) is 132 Å². The molecule has 0 spiro atoms. The Morgan fingerprint density at radius 3 is 2.51 bits per heavy atom. The molecule has 2 aromatic rings. The number of aromatic hydroxyl groups is 1. The van der Waals surface area contributed by atoms with Crippen molar-refractivity contribution in [2.24, 2.45) is 17.8 Å². The lowest BCUT2D eigenvalue weighted by Gasteiger charge is -2.42. The third-order valence-corrected chi connectivity index (χ3v) is 8.78. The summed E-state index contributed by atoms with van der Waals surface area (Å²) in [6.45, 7) is 1.58. The van der Waals surface area contributed by atoms with Crippen molar-refractivity contribution in [2.75, 3.05) is 4.90 Å². The van der Waals surface area contributed by atoms with Crippen LogP contribution in [0, 0.1) is 17.8 Å². The first-order valence-corrected chi connectivity index (χ1v) is 13.4. The molecular weight excluding hydrogens is 565 g/mol. The van der Waals surface area contributed by atoms with Gasteiger partial charge >= 0.3 is 7.12 Å². The molecule has 2 amide bonds. The zero-order valence-corrected chi connectivity index (χ0v) is 22.4. The molecule has 1 fully saturated rings. The van der Waals surface area contributed by atoms with Gasteiger partial charge in [0, 0.05) is 32.7 Å². The van der Waals surface area contributed by atoms with Crippen LogP contribution in [-0.4, -0.2) is 45.7 Å². The Morgan fingerprint density at radius 1 is 1.00 bits per heavy atom. The van der Waals surface area contributed by atoms with Gasteiger partial charge in [-0.15, -0.1) is 0 Å². The number of benzene rings is 2. The first kappa shape index (κ1) is 25.7. The van der Waals surface area contributed by atoms with E-state index < -0.39 is 42.6 Å². The summed E-state index contributed by atoms with van der Waals surface area (Å²) in [4.78, 5) is 55.3. The van der Waals surface area contributed by atoms with Gasteiger partial charge in [-0.25, -0.2) is 0 Å². The largest absolute Gasteiger partial charge is 0.508 e. The van der Waals surface area contributed by atoms with E-state index in [1.807, 2.05) is 6.08 Å². The van der Waals surface area contributed by atoms with Crippen LogP contribution < -0.4 is 10.4 Å². The molecule has 0 saturated carbocycles. The summed E-state index contributed by atoms with van der Waals surface area (Å²) in [6.07, 6.45) is 3.59. The molecule has 0 bridgehead atoms. The van der Waals surface area contributed by atoms with Crippen LogP contribution in [0.25, 0.3) is 0 Å². The number of halogens is 1. The summed E-state index contributed by atoms with van der Waals surface area (Å²) in [5.41, 5.74) is 2.50. The minimum Gasteiger partial charge on any atom is -0.508 e. The van der Waals surface area contributed by atoms with Gasteiger partial charge in [0.25, 0.3) is 0 Å². The second kappa shape index (κ2) is 9.26. The highest BCUT2D eigenvalue weighted by atomic mass is 79.9. The Bertz CT molecular complexity index is 1590. The third kappa shape index (κ3) is 3.89. The smallest absolute Gasteiger partial charge is 0.488 e. The number of anilines is 1. The number of carbonyl (C=O) groups excluding carboxylic acids is 4. The van der Waals surface area contributed by atoms with Gasteiger partial charge in [0.1, 0.15) is 5.75 Å². The van der Waals surface area contributed by atoms with Crippen molar-refractivity contribution in [2.45, 2.75) is 25.7 Å². The second-order valence-electron chi connectivity index (χ2n) is 10.4. The average Bonchev–Trinajstić information content (AvgIpc) is 3.17. The van der Waals surface area contributed by atoms with E-state index in [2.05, 4.69) is 15.9 Å². The van der Waals surface area contributed by atoms with Crippen molar-refractivity contribution in [3.05, 3.63) is 86.9 Å². The van der Waals surface area contributed by atoms with Gasteiger partial charge in [-0.2, -0.15) is 0 Å². The quantitative estimate of drug-likeness (QED) is 0.217. The number of phenolic OH excluding ortho intramolecular Hbond substituents is 1. The number of Topliss-reactive ketones (excluding diaryl/α,β-unsaturated/α-hetero) is 1. The molecule has 4 atom stereocenters. The predicted molar refractivity (Wildman–Crippen MR) is 146 cm³/mol. The third-order valence-electron chi connectivity index (χ3n) is 8.29. The average molecular weight is 588 g/mol. The molecule has 10 heteroatoms. The Balaban J connectivity index is 1.49. The molecule has 2 aromatic carbocycles. The van der Waals surface area contributed by atoms with Crippen LogP contribution in [0.1, 0.15) is 31.2 Å². The lowest BCUT2D eigenvalue weighted by Crippen LogP contribution is -2.40. The van der Waals surface area contributed by atoms with Crippen LogP contribution in [0.4, 0.5) is 5.69 Å². The highest BCUT2D eigenvalue weighted by molar-refractivity contribution is 9.10. The zero-order valence-electron chi connectivity index (χ0n) is 20.8. The molecule has 3 N–H and O–H groups in total.